The molecule has 0 aliphatic heterocycles. The molecule has 0 saturated heterocycles. The summed E-state index contributed by atoms with van der Waals surface area (Å²) < 4.78 is 6.27. The van der Waals surface area contributed by atoms with Crippen molar-refractivity contribution in [3.63, 3.8) is 0 Å². The second kappa shape index (κ2) is 8.93. The van der Waals surface area contributed by atoms with Crippen LogP contribution in [0, 0.1) is 25.2 Å². The minimum absolute atomic E-state index is 0.160. The lowest BCUT2D eigenvalue weighted by Crippen LogP contribution is -2.25. The van der Waals surface area contributed by atoms with E-state index in [1.54, 1.807) is 19.9 Å². The lowest BCUT2D eigenvalue weighted by Gasteiger charge is -2.09. The van der Waals surface area contributed by atoms with E-state index in [0.717, 1.165) is 16.9 Å². The SMILES string of the molecule is COC(=O)c1c(NC(=O)c2nn(-c3cccc(C)c3)ccc2=O)sc([C@@H](C)C#N)c1C. The van der Waals surface area contributed by atoms with Gasteiger partial charge in [0.15, 0.2) is 5.69 Å². The zero-order valence-electron chi connectivity index (χ0n) is 17.4. The molecule has 8 nitrogen and oxygen atoms in total. The number of methoxy groups -OCH3 is 1. The average Bonchev–Trinajstić information content (AvgIpc) is 3.08. The largest absolute Gasteiger partial charge is 0.465 e. The zero-order valence-corrected chi connectivity index (χ0v) is 18.2. The molecule has 9 heteroatoms. The molecule has 0 saturated carbocycles. The summed E-state index contributed by atoms with van der Waals surface area (Å²) in [6.07, 6.45) is 1.48. The number of anilines is 1. The van der Waals surface area contributed by atoms with Gasteiger partial charge in [-0.05, 0) is 44.0 Å². The molecule has 3 aromatic rings. The van der Waals surface area contributed by atoms with Crippen LogP contribution in [0.3, 0.4) is 0 Å². The maximum absolute atomic E-state index is 12.9. The number of carbonyl (C=O) groups excluding carboxylic acids is 2. The van der Waals surface area contributed by atoms with Crippen LogP contribution in [0.4, 0.5) is 5.00 Å². The molecule has 1 amide bonds. The molecule has 1 atom stereocenters. The highest BCUT2D eigenvalue weighted by Gasteiger charge is 2.26. The molecular formula is C22H20N4O4S. The van der Waals surface area contributed by atoms with Crippen molar-refractivity contribution in [3.8, 4) is 11.8 Å². The molecule has 2 aromatic heterocycles. The van der Waals surface area contributed by atoms with Gasteiger partial charge in [-0.25, -0.2) is 9.48 Å². The van der Waals surface area contributed by atoms with E-state index in [-0.39, 0.29) is 16.3 Å². The Hall–Kier alpha value is -3.77. The number of amides is 1. The van der Waals surface area contributed by atoms with Crippen LogP contribution >= 0.6 is 11.3 Å². The molecule has 31 heavy (non-hydrogen) atoms. The molecule has 0 aliphatic carbocycles. The monoisotopic (exact) mass is 436 g/mol. The molecule has 2 heterocycles. The van der Waals surface area contributed by atoms with Crippen molar-refractivity contribution >= 4 is 28.2 Å². The Morgan fingerprint density at radius 2 is 2.03 bits per heavy atom. The molecule has 0 spiro atoms. The summed E-state index contributed by atoms with van der Waals surface area (Å²) in [7, 11) is 1.23. The van der Waals surface area contributed by atoms with E-state index in [1.165, 1.54) is 24.1 Å². The number of nitrogens with zero attached hydrogens (tertiary/aromatic N) is 3. The average molecular weight is 436 g/mol. The van der Waals surface area contributed by atoms with Gasteiger partial charge >= 0.3 is 5.97 Å². The van der Waals surface area contributed by atoms with Crippen molar-refractivity contribution in [2.24, 2.45) is 0 Å². The number of ether oxygens (including phenoxy) is 1. The van der Waals surface area contributed by atoms with Gasteiger partial charge in [0, 0.05) is 17.1 Å². The quantitative estimate of drug-likeness (QED) is 0.612. The van der Waals surface area contributed by atoms with Crippen molar-refractivity contribution in [3.05, 3.63) is 74.0 Å². The first-order valence-electron chi connectivity index (χ1n) is 9.36. The Kier molecular flexibility index (Phi) is 6.32. The summed E-state index contributed by atoms with van der Waals surface area (Å²) in [4.78, 5) is 38.2. The molecule has 0 aliphatic rings. The fraction of sp³-hybridized carbons (Fsp3) is 0.227. The lowest BCUT2D eigenvalue weighted by atomic mass is 10.0. The molecule has 1 N–H and O–H groups in total. The summed E-state index contributed by atoms with van der Waals surface area (Å²) in [5.41, 5.74) is 1.54. The Balaban J connectivity index is 2.02. The van der Waals surface area contributed by atoms with Crippen LogP contribution in [-0.4, -0.2) is 28.8 Å². The third-order valence-electron chi connectivity index (χ3n) is 4.68. The number of thiophene rings is 1. The van der Waals surface area contributed by atoms with E-state index in [4.69, 9.17) is 4.74 Å². The molecule has 158 valence electrons. The molecule has 0 radical (unpaired) electrons. The number of benzene rings is 1. The van der Waals surface area contributed by atoms with Crippen LogP contribution in [0.25, 0.3) is 5.69 Å². The van der Waals surface area contributed by atoms with E-state index in [2.05, 4.69) is 16.5 Å². The first-order valence-corrected chi connectivity index (χ1v) is 10.2. The van der Waals surface area contributed by atoms with Gasteiger partial charge in [0.25, 0.3) is 5.91 Å². The van der Waals surface area contributed by atoms with Crippen molar-refractivity contribution in [2.45, 2.75) is 26.7 Å². The van der Waals surface area contributed by atoms with Gasteiger partial charge in [-0.2, -0.15) is 10.4 Å². The number of hydrogen-bond donors (Lipinski definition) is 1. The Labute approximate surface area is 182 Å². The molecule has 0 bridgehead atoms. The Morgan fingerprint density at radius 3 is 2.68 bits per heavy atom. The number of esters is 1. The standard InChI is InChI=1S/C22H20N4O4S/c1-12-6-5-7-15(10-12)26-9-8-16(27)18(25-26)20(28)24-21-17(22(29)30-4)14(3)19(31-21)13(2)11-23/h5-10,13H,1-4H3,(H,24,28)/t13-/m0/s1. The van der Waals surface area contributed by atoms with Crippen molar-refractivity contribution in [1.82, 2.24) is 9.78 Å². The van der Waals surface area contributed by atoms with E-state index < -0.39 is 23.2 Å². The summed E-state index contributed by atoms with van der Waals surface area (Å²) in [5, 5.41) is 16.3. The third-order valence-corrected chi connectivity index (χ3v) is 6.07. The van der Waals surface area contributed by atoms with Crippen LogP contribution in [0.1, 0.15) is 49.7 Å². The molecular weight excluding hydrogens is 416 g/mol. The highest BCUT2D eigenvalue weighted by atomic mass is 32.1. The second-order valence-electron chi connectivity index (χ2n) is 6.90. The van der Waals surface area contributed by atoms with E-state index in [1.807, 2.05) is 25.1 Å². The van der Waals surface area contributed by atoms with Gasteiger partial charge in [0.1, 0.15) is 5.00 Å². The predicted molar refractivity (Wildman–Crippen MR) is 117 cm³/mol. The smallest absolute Gasteiger partial charge is 0.341 e. The number of nitrogens with one attached hydrogen (secondary N) is 1. The number of aromatic nitrogens is 2. The fourth-order valence-electron chi connectivity index (χ4n) is 3.08. The van der Waals surface area contributed by atoms with Crippen LogP contribution in [0.5, 0.6) is 0 Å². The van der Waals surface area contributed by atoms with Gasteiger partial charge in [0.05, 0.1) is 30.3 Å². The second-order valence-corrected chi connectivity index (χ2v) is 7.96. The molecule has 0 fully saturated rings. The van der Waals surface area contributed by atoms with Gasteiger partial charge in [-0.1, -0.05) is 12.1 Å². The van der Waals surface area contributed by atoms with Crippen molar-refractivity contribution in [1.29, 1.82) is 5.26 Å². The summed E-state index contributed by atoms with van der Waals surface area (Å²) in [5.74, 6) is -1.87. The van der Waals surface area contributed by atoms with Gasteiger partial charge < -0.3 is 10.1 Å². The fourth-order valence-corrected chi connectivity index (χ4v) is 4.27. The molecule has 1 aromatic carbocycles. The third kappa shape index (κ3) is 4.39. The molecule has 3 rings (SSSR count). The van der Waals surface area contributed by atoms with E-state index in [0.29, 0.717) is 16.1 Å². The number of hydrogen-bond acceptors (Lipinski definition) is 7. The first-order chi connectivity index (χ1) is 14.8. The number of nitriles is 1. The Bertz CT molecular complexity index is 1270. The minimum atomic E-state index is -0.755. The van der Waals surface area contributed by atoms with Crippen LogP contribution < -0.4 is 10.7 Å². The lowest BCUT2D eigenvalue weighted by molar-refractivity contribution is 0.0601. The maximum atomic E-state index is 12.9. The number of rotatable bonds is 5. The van der Waals surface area contributed by atoms with Crippen LogP contribution in [-0.2, 0) is 4.74 Å². The van der Waals surface area contributed by atoms with Gasteiger partial charge in [-0.3, -0.25) is 9.59 Å². The van der Waals surface area contributed by atoms with Crippen molar-refractivity contribution < 1.29 is 14.3 Å². The van der Waals surface area contributed by atoms with Gasteiger partial charge in [0.2, 0.25) is 5.43 Å². The summed E-state index contributed by atoms with van der Waals surface area (Å²) >= 11 is 1.10. The first kappa shape index (κ1) is 21.9. The van der Waals surface area contributed by atoms with Crippen LogP contribution in [0.15, 0.2) is 41.3 Å². The minimum Gasteiger partial charge on any atom is -0.465 e. The highest BCUT2D eigenvalue weighted by molar-refractivity contribution is 7.17. The zero-order chi connectivity index (χ0) is 22.7. The molecule has 0 unspecified atom stereocenters. The number of carbonyl (C=O) groups is 2. The van der Waals surface area contributed by atoms with Crippen LogP contribution in [0.2, 0.25) is 0 Å². The summed E-state index contributed by atoms with van der Waals surface area (Å²) in [6.45, 7) is 5.31. The maximum Gasteiger partial charge on any atom is 0.341 e. The summed E-state index contributed by atoms with van der Waals surface area (Å²) in [6, 6.07) is 10.8. The van der Waals surface area contributed by atoms with E-state index >= 15 is 0 Å². The normalized spacial score (nSPS) is 11.5. The van der Waals surface area contributed by atoms with Gasteiger partial charge in [-0.15, -0.1) is 11.3 Å². The van der Waals surface area contributed by atoms with E-state index in [9.17, 15) is 19.6 Å². The highest BCUT2D eigenvalue weighted by Crippen LogP contribution is 2.37. The number of aryl methyl sites for hydroxylation is 1. The predicted octanol–water partition coefficient (Wildman–Crippen LogP) is 3.58. The van der Waals surface area contributed by atoms with Crippen molar-refractivity contribution in [2.75, 3.05) is 12.4 Å². The topological polar surface area (TPSA) is 114 Å². The Morgan fingerprint density at radius 1 is 1.29 bits per heavy atom.